The zero-order valence-corrected chi connectivity index (χ0v) is 18.7. The first-order chi connectivity index (χ1) is 15.0. The molecule has 3 N–H and O–H groups in total. The van der Waals surface area contributed by atoms with Gasteiger partial charge in [0.25, 0.3) is 0 Å². The van der Waals surface area contributed by atoms with Crippen molar-refractivity contribution in [3.63, 3.8) is 0 Å². The number of rotatable bonds is 23. The fraction of sp³-hybridized carbons (Fsp3) is 0.850. The van der Waals surface area contributed by atoms with Crippen molar-refractivity contribution in [1.82, 2.24) is 10.6 Å². The van der Waals surface area contributed by atoms with Gasteiger partial charge < -0.3 is 44.2 Å². The molecule has 0 rings (SSSR count). The maximum Gasteiger partial charge on any atom is 0.326 e. The molecule has 0 aromatic rings. The zero-order valence-electron chi connectivity index (χ0n) is 18.7. The van der Waals surface area contributed by atoms with E-state index < -0.39 is 17.9 Å². The summed E-state index contributed by atoms with van der Waals surface area (Å²) < 4.78 is 26.7. The van der Waals surface area contributed by atoms with Crippen LogP contribution in [-0.4, -0.2) is 108 Å². The molecule has 0 aromatic heterocycles. The number of ether oxygens (including phenoxy) is 5. The first kappa shape index (κ1) is 29.4. The van der Waals surface area contributed by atoms with Crippen LogP contribution < -0.4 is 10.6 Å². The number of amides is 1. The summed E-state index contributed by atoms with van der Waals surface area (Å²) in [6.45, 7) is 6.64. The number of hydrogen-bond acceptors (Lipinski definition) is 9. The Morgan fingerprint density at radius 2 is 1.19 bits per heavy atom. The van der Waals surface area contributed by atoms with Crippen molar-refractivity contribution >= 4 is 17.7 Å². The van der Waals surface area contributed by atoms with Gasteiger partial charge in [0.15, 0.2) is 0 Å². The Labute approximate surface area is 184 Å². The molecule has 0 aliphatic carbocycles. The minimum Gasteiger partial charge on any atom is -0.480 e. The van der Waals surface area contributed by atoms with Gasteiger partial charge in [0, 0.05) is 19.4 Å². The number of carbonyl (C=O) groups is 3. The molecule has 11 nitrogen and oxygen atoms in total. The van der Waals surface area contributed by atoms with Gasteiger partial charge in [-0.1, -0.05) is 0 Å². The van der Waals surface area contributed by atoms with Gasteiger partial charge in [0.1, 0.15) is 11.8 Å². The molecule has 0 bridgehead atoms. The Morgan fingerprint density at radius 3 is 1.61 bits per heavy atom. The fourth-order valence-electron chi connectivity index (χ4n) is 2.19. The standard InChI is InChI=1S/C20H38N2O9/c1-17(23)3-4-18(20(25)26)22-19(24)5-7-27-9-11-29-13-15-31-16-14-30-12-10-28-8-6-21-2/h18,21H,3-16H2,1-2H3,(H,22,24)(H,25,26). The summed E-state index contributed by atoms with van der Waals surface area (Å²) in [4.78, 5) is 33.8. The molecule has 1 amide bonds. The quantitative estimate of drug-likeness (QED) is 0.176. The van der Waals surface area contributed by atoms with Crippen LogP contribution in [0.4, 0.5) is 0 Å². The van der Waals surface area contributed by atoms with E-state index in [0.29, 0.717) is 59.5 Å². The number of carboxylic acids is 1. The smallest absolute Gasteiger partial charge is 0.326 e. The highest BCUT2D eigenvalue weighted by Gasteiger charge is 2.19. The monoisotopic (exact) mass is 450 g/mol. The number of likely N-dealkylation sites (N-methyl/N-ethyl adjacent to an activating group) is 1. The molecule has 0 aromatic carbocycles. The van der Waals surface area contributed by atoms with Crippen LogP contribution in [0.3, 0.4) is 0 Å². The normalized spacial score (nSPS) is 11.9. The number of nitrogens with one attached hydrogen (secondary N) is 2. The summed E-state index contributed by atoms with van der Waals surface area (Å²) in [5.41, 5.74) is 0. The van der Waals surface area contributed by atoms with E-state index >= 15 is 0 Å². The first-order valence-electron chi connectivity index (χ1n) is 10.5. The van der Waals surface area contributed by atoms with Gasteiger partial charge >= 0.3 is 5.97 Å². The third-order valence-corrected chi connectivity index (χ3v) is 3.88. The van der Waals surface area contributed by atoms with Crippen LogP contribution in [0, 0.1) is 0 Å². The number of Topliss-reactive ketones (excluding diaryl/α,β-unsaturated/α-hetero) is 1. The average molecular weight is 451 g/mol. The molecule has 182 valence electrons. The fourth-order valence-corrected chi connectivity index (χ4v) is 2.19. The summed E-state index contributed by atoms with van der Waals surface area (Å²) in [5.74, 6) is -1.71. The van der Waals surface area contributed by atoms with Crippen molar-refractivity contribution in [2.24, 2.45) is 0 Å². The first-order valence-corrected chi connectivity index (χ1v) is 10.5. The average Bonchev–Trinajstić information content (AvgIpc) is 2.73. The van der Waals surface area contributed by atoms with E-state index in [1.165, 1.54) is 6.92 Å². The lowest BCUT2D eigenvalue weighted by Crippen LogP contribution is -2.41. The van der Waals surface area contributed by atoms with Crippen molar-refractivity contribution in [1.29, 1.82) is 0 Å². The van der Waals surface area contributed by atoms with Crippen LogP contribution >= 0.6 is 0 Å². The Bertz CT molecular complexity index is 478. The minimum absolute atomic E-state index is 0.0352. The van der Waals surface area contributed by atoms with E-state index in [4.69, 9.17) is 28.8 Å². The molecule has 0 aliphatic rings. The molecule has 11 heteroatoms. The van der Waals surface area contributed by atoms with Gasteiger partial charge in [-0.15, -0.1) is 0 Å². The number of aliphatic carboxylic acids is 1. The van der Waals surface area contributed by atoms with Crippen LogP contribution in [0.5, 0.6) is 0 Å². The summed E-state index contributed by atoms with van der Waals surface area (Å²) >= 11 is 0. The van der Waals surface area contributed by atoms with E-state index in [-0.39, 0.29) is 31.7 Å². The van der Waals surface area contributed by atoms with Gasteiger partial charge in [-0.25, -0.2) is 4.79 Å². The van der Waals surface area contributed by atoms with Crippen LogP contribution in [-0.2, 0) is 38.1 Å². The third-order valence-electron chi connectivity index (χ3n) is 3.88. The van der Waals surface area contributed by atoms with Crippen LogP contribution in [0.2, 0.25) is 0 Å². The topological polar surface area (TPSA) is 142 Å². The SMILES string of the molecule is CNCCOCCOCCOCCOCCOCCC(=O)NC(CCC(C)=O)C(=O)O. The lowest BCUT2D eigenvalue weighted by atomic mass is 10.1. The second kappa shape index (κ2) is 21.6. The van der Waals surface area contributed by atoms with Crippen LogP contribution in [0.15, 0.2) is 0 Å². The maximum absolute atomic E-state index is 11.8. The summed E-state index contributed by atoms with van der Waals surface area (Å²) in [6.07, 6.45) is 0.214. The molecule has 0 heterocycles. The molecule has 0 radical (unpaired) electrons. The van der Waals surface area contributed by atoms with Gasteiger partial charge in [-0.05, 0) is 20.4 Å². The molecule has 0 saturated heterocycles. The van der Waals surface area contributed by atoms with Crippen molar-refractivity contribution < 1.29 is 43.2 Å². The molecule has 0 saturated carbocycles. The predicted octanol–water partition coefficient (Wildman–Crippen LogP) is -0.382. The molecule has 0 aliphatic heterocycles. The van der Waals surface area contributed by atoms with Gasteiger partial charge in [0.2, 0.25) is 5.91 Å². The van der Waals surface area contributed by atoms with Gasteiger partial charge in [-0.2, -0.15) is 0 Å². The Hall–Kier alpha value is -1.63. The number of carbonyl (C=O) groups excluding carboxylic acids is 2. The Morgan fingerprint density at radius 1 is 0.742 bits per heavy atom. The number of hydrogen-bond donors (Lipinski definition) is 3. The zero-order chi connectivity index (χ0) is 23.2. The summed E-state index contributed by atoms with van der Waals surface area (Å²) in [7, 11) is 1.87. The summed E-state index contributed by atoms with van der Waals surface area (Å²) in [6, 6.07) is -1.07. The van der Waals surface area contributed by atoms with Crippen molar-refractivity contribution in [2.45, 2.75) is 32.2 Å². The lowest BCUT2D eigenvalue weighted by Gasteiger charge is -2.13. The van der Waals surface area contributed by atoms with E-state index in [1.54, 1.807) is 0 Å². The lowest BCUT2D eigenvalue weighted by molar-refractivity contribution is -0.142. The molecular formula is C20H38N2O9. The van der Waals surface area contributed by atoms with Crippen molar-refractivity contribution in [3.05, 3.63) is 0 Å². The van der Waals surface area contributed by atoms with Gasteiger partial charge in [0.05, 0.1) is 66.1 Å². The second-order valence-corrected chi connectivity index (χ2v) is 6.61. The minimum atomic E-state index is -1.16. The molecule has 31 heavy (non-hydrogen) atoms. The Kier molecular flexibility index (Phi) is 20.5. The number of ketones is 1. The van der Waals surface area contributed by atoms with Crippen LogP contribution in [0.25, 0.3) is 0 Å². The van der Waals surface area contributed by atoms with E-state index in [2.05, 4.69) is 10.6 Å². The van der Waals surface area contributed by atoms with Crippen LogP contribution in [0.1, 0.15) is 26.2 Å². The van der Waals surface area contributed by atoms with E-state index in [9.17, 15) is 14.4 Å². The molecule has 1 atom stereocenters. The highest BCUT2D eigenvalue weighted by Crippen LogP contribution is 1.99. The van der Waals surface area contributed by atoms with E-state index in [1.807, 2.05) is 7.05 Å². The Balaban J connectivity index is 3.41. The molecule has 0 spiro atoms. The second-order valence-electron chi connectivity index (χ2n) is 6.61. The highest BCUT2D eigenvalue weighted by molar-refractivity contribution is 5.84. The summed E-state index contributed by atoms with van der Waals surface area (Å²) in [5, 5.41) is 14.4. The predicted molar refractivity (Wildman–Crippen MR) is 112 cm³/mol. The van der Waals surface area contributed by atoms with Crippen molar-refractivity contribution in [3.8, 4) is 0 Å². The van der Waals surface area contributed by atoms with Gasteiger partial charge in [-0.3, -0.25) is 4.79 Å². The third kappa shape index (κ3) is 21.4. The maximum atomic E-state index is 11.8. The highest BCUT2D eigenvalue weighted by atomic mass is 16.6. The molecule has 0 fully saturated rings. The molecular weight excluding hydrogens is 412 g/mol. The number of carboxylic acid groups (broad SMARTS) is 1. The largest absolute Gasteiger partial charge is 0.480 e. The molecule has 1 unspecified atom stereocenters. The van der Waals surface area contributed by atoms with Crippen molar-refractivity contribution in [2.75, 3.05) is 79.7 Å². The van der Waals surface area contributed by atoms with E-state index in [0.717, 1.165) is 6.54 Å².